The molecule has 0 spiro atoms. The second-order valence-electron chi connectivity index (χ2n) is 3.47. The van der Waals surface area contributed by atoms with Crippen molar-refractivity contribution >= 4 is 27.5 Å². The first-order valence-corrected chi connectivity index (χ1v) is 5.93. The third kappa shape index (κ3) is 2.86. The van der Waals surface area contributed by atoms with Crippen LogP contribution in [-0.4, -0.2) is 17.0 Å². The molecule has 4 heteroatoms. The molecule has 15 heavy (non-hydrogen) atoms. The summed E-state index contributed by atoms with van der Waals surface area (Å²) in [4.78, 5) is -0.0508. The Morgan fingerprint density at radius 3 is 2.53 bits per heavy atom. The van der Waals surface area contributed by atoms with Gasteiger partial charge in [0.1, 0.15) is 5.75 Å². The number of benzene rings is 1. The number of aliphatic hydroxyl groups is 1. The first kappa shape index (κ1) is 12.8. The lowest BCUT2D eigenvalue weighted by Crippen LogP contribution is -2.09. The predicted octanol–water partition coefficient (Wildman–Crippen LogP) is 3.47. The minimum Gasteiger partial charge on any atom is -0.496 e. The Kier molecular flexibility index (Phi) is 4.44. The van der Waals surface area contributed by atoms with Gasteiger partial charge < -0.3 is 9.84 Å². The van der Waals surface area contributed by atoms with Crippen LogP contribution >= 0.6 is 27.5 Å². The number of aliphatic hydroxyl groups excluding tert-OH is 1. The molecule has 0 aliphatic rings. The lowest BCUT2D eigenvalue weighted by molar-refractivity contribution is 0.177. The molecule has 1 aromatic carbocycles. The van der Waals surface area contributed by atoms with Crippen molar-refractivity contribution in [1.82, 2.24) is 0 Å². The zero-order valence-electron chi connectivity index (χ0n) is 8.92. The van der Waals surface area contributed by atoms with Gasteiger partial charge in [-0.25, -0.2) is 0 Å². The fourth-order valence-corrected chi connectivity index (χ4v) is 1.78. The summed E-state index contributed by atoms with van der Waals surface area (Å²) >= 11 is 9.34. The minimum atomic E-state index is -0.627. The van der Waals surface area contributed by atoms with Gasteiger partial charge in [-0.3, -0.25) is 0 Å². The second kappa shape index (κ2) is 5.19. The number of aryl methyl sites for hydroxylation is 1. The number of ether oxygens (including phenoxy) is 1. The van der Waals surface area contributed by atoms with Crippen molar-refractivity contribution in [3.05, 3.63) is 28.3 Å². The standard InChI is InChI=1S/C11H14BrClO2/c1-6-4-10(15-3)8(5-9(6)13)11(14)7(2)12/h4-5,7,11,14H,1-3H3. The highest BCUT2D eigenvalue weighted by atomic mass is 79.9. The summed E-state index contributed by atoms with van der Waals surface area (Å²) in [5.41, 5.74) is 1.64. The highest BCUT2D eigenvalue weighted by Gasteiger charge is 2.19. The van der Waals surface area contributed by atoms with Gasteiger partial charge in [0, 0.05) is 15.4 Å². The maximum Gasteiger partial charge on any atom is 0.125 e. The van der Waals surface area contributed by atoms with Crippen LogP contribution in [0, 0.1) is 6.92 Å². The Hall–Kier alpha value is -0.250. The molecular weight excluding hydrogens is 279 g/mol. The van der Waals surface area contributed by atoms with E-state index in [1.54, 1.807) is 13.2 Å². The van der Waals surface area contributed by atoms with Gasteiger partial charge >= 0.3 is 0 Å². The highest BCUT2D eigenvalue weighted by molar-refractivity contribution is 9.09. The number of rotatable bonds is 3. The van der Waals surface area contributed by atoms with Crippen molar-refractivity contribution in [3.63, 3.8) is 0 Å². The highest BCUT2D eigenvalue weighted by Crippen LogP contribution is 2.34. The fourth-order valence-electron chi connectivity index (χ4n) is 1.33. The van der Waals surface area contributed by atoms with Crippen molar-refractivity contribution < 1.29 is 9.84 Å². The molecule has 2 unspecified atom stereocenters. The summed E-state index contributed by atoms with van der Waals surface area (Å²) in [7, 11) is 1.58. The zero-order valence-corrected chi connectivity index (χ0v) is 11.3. The average molecular weight is 294 g/mol. The molecule has 0 saturated carbocycles. The molecule has 0 amide bonds. The van der Waals surface area contributed by atoms with Gasteiger partial charge in [0.05, 0.1) is 13.2 Å². The van der Waals surface area contributed by atoms with Crippen molar-refractivity contribution in [1.29, 1.82) is 0 Å². The van der Waals surface area contributed by atoms with Gasteiger partial charge in [-0.1, -0.05) is 27.5 Å². The van der Waals surface area contributed by atoms with Crippen LogP contribution in [0.1, 0.15) is 24.2 Å². The van der Waals surface area contributed by atoms with Gasteiger partial charge in [0.25, 0.3) is 0 Å². The quantitative estimate of drug-likeness (QED) is 0.865. The SMILES string of the molecule is COc1cc(C)c(Cl)cc1C(O)C(C)Br. The molecule has 2 atom stereocenters. The third-order valence-electron chi connectivity index (χ3n) is 2.26. The number of methoxy groups -OCH3 is 1. The van der Waals surface area contributed by atoms with Gasteiger partial charge in [0.2, 0.25) is 0 Å². The van der Waals surface area contributed by atoms with E-state index in [4.69, 9.17) is 16.3 Å². The van der Waals surface area contributed by atoms with Gasteiger partial charge in [-0.05, 0) is 31.5 Å². The molecule has 0 fully saturated rings. The smallest absolute Gasteiger partial charge is 0.125 e. The van der Waals surface area contributed by atoms with Crippen molar-refractivity contribution in [2.24, 2.45) is 0 Å². The van der Waals surface area contributed by atoms with Gasteiger partial charge in [-0.15, -0.1) is 0 Å². The lowest BCUT2D eigenvalue weighted by Gasteiger charge is -2.18. The normalized spacial score (nSPS) is 14.8. The van der Waals surface area contributed by atoms with E-state index in [9.17, 15) is 5.11 Å². The summed E-state index contributed by atoms with van der Waals surface area (Å²) in [5, 5.41) is 10.6. The second-order valence-corrected chi connectivity index (χ2v) is 5.32. The first-order chi connectivity index (χ1) is 6.97. The molecule has 1 N–H and O–H groups in total. The van der Waals surface area contributed by atoms with Gasteiger partial charge in [-0.2, -0.15) is 0 Å². The molecule has 84 valence electrons. The monoisotopic (exact) mass is 292 g/mol. The topological polar surface area (TPSA) is 29.5 Å². The van der Waals surface area contributed by atoms with E-state index in [1.807, 2.05) is 19.9 Å². The van der Waals surface area contributed by atoms with Crippen LogP contribution in [0.3, 0.4) is 0 Å². The molecule has 0 aliphatic carbocycles. The Labute approximate surface area is 103 Å². The number of alkyl halides is 1. The summed E-state index contributed by atoms with van der Waals surface area (Å²) < 4.78 is 5.21. The Bertz CT molecular complexity index is 353. The van der Waals surface area contributed by atoms with E-state index >= 15 is 0 Å². The molecule has 1 aromatic rings. The third-order valence-corrected chi connectivity index (χ3v) is 3.17. The molecular formula is C11H14BrClO2. The summed E-state index contributed by atoms with van der Waals surface area (Å²) in [6.07, 6.45) is -0.627. The number of hydrogen-bond donors (Lipinski definition) is 1. The molecule has 0 aliphatic heterocycles. The van der Waals surface area contributed by atoms with Gasteiger partial charge in [0.15, 0.2) is 0 Å². The molecule has 2 nitrogen and oxygen atoms in total. The van der Waals surface area contributed by atoms with E-state index in [0.29, 0.717) is 16.3 Å². The van der Waals surface area contributed by atoms with Crippen LogP contribution in [-0.2, 0) is 0 Å². The Morgan fingerprint density at radius 1 is 1.47 bits per heavy atom. The Morgan fingerprint density at radius 2 is 2.07 bits per heavy atom. The molecule has 1 rings (SSSR count). The average Bonchev–Trinajstić information content (AvgIpc) is 2.20. The minimum absolute atomic E-state index is 0.0508. The van der Waals surface area contributed by atoms with Crippen molar-refractivity contribution in [2.75, 3.05) is 7.11 Å². The molecule has 0 saturated heterocycles. The van der Waals surface area contributed by atoms with Crippen LogP contribution in [0.15, 0.2) is 12.1 Å². The van der Waals surface area contributed by atoms with Crippen LogP contribution in [0.5, 0.6) is 5.75 Å². The molecule has 0 radical (unpaired) electrons. The van der Waals surface area contributed by atoms with E-state index in [2.05, 4.69) is 15.9 Å². The first-order valence-electron chi connectivity index (χ1n) is 4.63. The maximum absolute atomic E-state index is 9.94. The van der Waals surface area contributed by atoms with Crippen molar-refractivity contribution in [3.8, 4) is 5.75 Å². The molecule has 0 bridgehead atoms. The van der Waals surface area contributed by atoms with E-state index in [1.165, 1.54) is 0 Å². The maximum atomic E-state index is 9.94. The lowest BCUT2D eigenvalue weighted by atomic mass is 10.0. The molecule has 0 heterocycles. The fraction of sp³-hybridized carbons (Fsp3) is 0.455. The van der Waals surface area contributed by atoms with E-state index in [-0.39, 0.29) is 4.83 Å². The summed E-state index contributed by atoms with van der Waals surface area (Å²) in [5.74, 6) is 0.663. The van der Waals surface area contributed by atoms with Crippen LogP contribution < -0.4 is 4.74 Å². The number of hydrogen-bond acceptors (Lipinski definition) is 2. The van der Waals surface area contributed by atoms with Crippen LogP contribution in [0.2, 0.25) is 5.02 Å². The van der Waals surface area contributed by atoms with E-state index < -0.39 is 6.10 Å². The largest absolute Gasteiger partial charge is 0.496 e. The van der Waals surface area contributed by atoms with Crippen LogP contribution in [0.25, 0.3) is 0 Å². The summed E-state index contributed by atoms with van der Waals surface area (Å²) in [6, 6.07) is 3.58. The molecule has 0 aromatic heterocycles. The van der Waals surface area contributed by atoms with Crippen LogP contribution in [0.4, 0.5) is 0 Å². The number of halogens is 2. The van der Waals surface area contributed by atoms with Crippen molar-refractivity contribution in [2.45, 2.75) is 24.8 Å². The Balaban J connectivity index is 3.21. The zero-order chi connectivity index (χ0) is 11.6. The predicted molar refractivity (Wildman–Crippen MR) is 66.1 cm³/mol. The van der Waals surface area contributed by atoms with E-state index in [0.717, 1.165) is 5.56 Å². The summed E-state index contributed by atoms with van der Waals surface area (Å²) in [6.45, 7) is 3.77.